The van der Waals surface area contributed by atoms with E-state index in [9.17, 15) is 9.59 Å². The van der Waals surface area contributed by atoms with Gasteiger partial charge in [0, 0.05) is 41.1 Å². The van der Waals surface area contributed by atoms with E-state index in [0.717, 1.165) is 5.56 Å². The van der Waals surface area contributed by atoms with Gasteiger partial charge >= 0.3 is 5.97 Å². The zero-order chi connectivity index (χ0) is 28.5. The van der Waals surface area contributed by atoms with E-state index in [4.69, 9.17) is 21.1 Å². The van der Waals surface area contributed by atoms with E-state index < -0.39 is 23.3 Å². The number of rotatable bonds is 8. The fraction of sp³-hybridized carbons (Fsp3) is 0.438. The summed E-state index contributed by atoms with van der Waals surface area (Å²) in [4.78, 5) is 27.6. The fourth-order valence-electron chi connectivity index (χ4n) is 6.24. The van der Waals surface area contributed by atoms with Crippen LogP contribution in [-0.4, -0.2) is 31.1 Å². The summed E-state index contributed by atoms with van der Waals surface area (Å²) in [7, 11) is 1.64. The number of nitrogens with one attached hydrogen (secondary N) is 1. The van der Waals surface area contributed by atoms with Gasteiger partial charge in [-0.2, -0.15) is 0 Å². The standard InChI is InChI=1S/C32H37ClFNO4/c1-19-27(30(37)39-32(4,5)17-31(2,3)18-38-6)28(23-9-7-8-10-24(23)34)29-25(35-19)15-21(16-26(29)36)20-11-13-22(33)14-12-20/h7-14,21,28,35H,15-18H2,1-6H3. The third-order valence-electron chi connectivity index (χ3n) is 7.41. The number of dihydropyridines is 1. The lowest BCUT2D eigenvalue weighted by atomic mass is 9.71. The second-order valence-electron chi connectivity index (χ2n) is 12.0. The van der Waals surface area contributed by atoms with Crippen molar-refractivity contribution in [2.75, 3.05) is 13.7 Å². The second kappa shape index (κ2) is 11.3. The first kappa shape index (κ1) is 29.0. The van der Waals surface area contributed by atoms with Gasteiger partial charge in [0.15, 0.2) is 5.78 Å². The van der Waals surface area contributed by atoms with Crippen molar-refractivity contribution in [3.8, 4) is 0 Å². The number of carbonyl (C=O) groups excluding carboxylic acids is 2. The highest BCUT2D eigenvalue weighted by molar-refractivity contribution is 6.30. The van der Waals surface area contributed by atoms with E-state index in [1.165, 1.54) is 6.07 Å². The zero-order valence-corrected chi connectivity index (χ0v) is 24.2. The lowest BCUT2D eigenvalue weighted by Gasteiger charge is -2.38. The van der Waals surface area contributed by atoms with Gasteiger partial charge in [-0.25, -0.2) is 9.18 Å². The number of hydrogen-bond donors (Lipinski definition) is 1. The largest absolute Gasteiger partial charge is 0.456 e. The molecular weight excluding hydrogens is 517 g/mol. The van der Waals surface area contributed by atoms with Crippen LogP contribution in [0.15, 0.2) is 71.1 Å². The molecule has 208 valence electrons. The van der Waals surface area contributed by atoms with Gasteiger partial charge in [0.05, 0.1) is 18.1 Å². The number of carbonyl (C=O) groups is 2. The molecule has 0 amide bonds. The number of esters is 1. The Balaban J connectivity index is 1.72. The molecule has 0 fully saturated rings. The minimum Gasteiger partial charge on any atom is -0.456 e. The smallest absolute Gasteiger partial charge is 0.337 e. The molecule has 0 aromatic heterocycles. The van der Waals surface area contributed by atoms with Crippen LogP contribution in [-0.2, 0) is 19.1 Å². The Bertz CT molecular complexity index is 1330. The summed E-state index contributed by atoms with van der Waals surface area (Å²) in [6.45, 7) is 10.1. The lowest BCUT2D eigenvalue weighted by molar-refractivity contribution is -0.155. The summed E-state index contributed by atoms with van der Waals surface area (Å²) in [5, 5.41) is 3.96. The summed E-state index contributed by atoms with van der Waals surface area (Å²) >= 11 is 6.07. The second-order valence-corrected chi connectivity index (χ2v) is 12.4. The normalized spacial score (nSPS) is 20.1. The molecule has 2 atom stereocenters. The number of ketones is 1. The first-order valence-corrected chi connectivity index (χ1v) is 13.7. The Morgan fingerprint density at radius 2 is 1.74 bits per heavy atom. The number of methoxy groups -OCH3 is 1. The van der Waals surface area contributed by atoms with Crippen LogP contribution in [0.4, 0.5) is 4.39 Å². The average Bonchev–Trinajstić information content (AvgIpc) is 2.82. The lowest BCUT2D eigenvalue weighted by Crippen LogP contribution is -2.40. The van der Waals surface area contributed by atoms with E-state index in [1.54, 1.807) is 32.2 Å². The number of allylic oxidation sites excluding steroid dienone is 3. The van der Waals surface area contributed by atoms with Crippen molar-refractivity contribution in [2.45, 2.75) is 71.3 Å². The maximum atomic E-state index is 15.3. The Morgan fingerprint density at radius 3 is 2.38 bits per heavy atom. The highest BCUT2D eigenvalue weighted by Crippen LogP contribution is 2.47. The topological polar surface area (TPSA) is 64.6 Å². The Labute approximate surface area is 235 Å². The predicted octanol–water partition coefficient (Wildman–Crippen LogP) is 7.23. The first-order valence-electron chi connectivity index (χ1n) is 13.3. The van der Waals surface area contributed by atoms with Gasteiger partial charge in [-0.3, -0.25) is 4.79 Å². The zero-order valence-electron chi connectivity index (χ0n) is 23.5. The minimum atomic E-state index is -0.864. The van der Waals surface area contributed by atoms with Gasteiger partial charge in [0.2, 0.25) is 0 Å². The van der Waals surface area contributed by atoms with Crippen molar-refractivity contribution >= 4 is 23.4 Å². The average molecular weight is 554 g/mol. The molecule has 1 heterocycles. The monoisotopic (exact) mass is 553 g/mol. The molecule has 1 aliphatic carbocycles. The first-order chi connectivity index (χ1) is 18.3. The predicted molar refractivity (Wildman–Crippen MR) is 151 cm³/mol. The van der Waals surface area contributed by atoms with Crippen molar-refractivity contribution in [2.24, 2.45) is 5.41 Å². The third kappa shape index (κ3) is 6.44. The SMILES string of the molecule is COCC(C)(C)CC(C)(C)OC(=O)C1=C(C)NC2=C(C(=O)CC(c3ccc(Cl)cc3)C2)C1c1ccccc1F. The summed E-state index contributed by atoms with van der Waals surface area (Å²) in [5.41, 5.74) is 2.21. The molecule has 0 spiro atoms. The highest BCUT2D eigenvalue weighted by atomic mass is 35.5. The van der Waals surface area contributed by atoms with E-state index in [2.05, 4.69) is 19.2 Å². The van der Waals surface area contributed by atoms with Crippen molar-refractivity contribution < 1.29 is 23.5 Å². The molecule has 2 aromatic rings. The van der Waals surface area contributed by atoms with Crippen molar-refractivity contribution in [1.29, 1.82) is 0 Å². The number of halogens is 2. The highest BCUT2D eigenvalue weighted by Gasteiger charge is 2.43. The summed E-state index contributed by atoms with van der Waals surface area (Å²) in [5.74, 6) is -2.06. The van der Waals surface area contributed by atoms with Gasteiger partial charge in [0.1, 0.15) is 11.4 Å². The van der Waals surface area contributed by atoms with Crippen LogP contribution in [0.25, 0.3) is 0 Å². The molecule has 0 bridgehead atoms. The van der Waals surface area contributed by atoms with Crippen molar-refractivity contribution in [3.63, 3.8) is 0 Å². The van der Waals surface area contributed by atoms with Gasteiger partial charge in [-0.15, -0.1) is 0 Å². The molecular formula is C32H37ClFNO4. The van der Waals surface area contributed by atoms with E-state index in [-0.39, 0.29) is 34.7 Å². The van der Waals surface area contributed by atoms with E-state index in [0.29, 0.717) is 41.4 Å². The molecule has 0 saturated heterocycles. The van der Waals surface area contributed by atoms with Crippen LogP contribution in [0.1, 0.15) is 76.8 Å². The molecule has 2 unspecified atom stereocenters. The molecule has 1 aliphatic heterocycles. The molecule has 2 aromatic carbocycles. The van der Waals surface area contributed by atoms with Crippen molar-refractivity contribution in [1.82, 2.24) is 5.32 Å². The Hall–Kier alpha value is -2.96. The van der Waals surface area contributed by atoms with Crippen LogP contribution in [0.3, 0.4) is 0 Å². The van der Waals surface area contributed by atoms with Gasteiger partial charge in [0.25, 0.3) is 0 Å². The van der Waals surface area contributed by atoms with Gasteiger partial charge in [-0.05, 0) is 68.7 Å². The van der Waals surface area contributed by atoms with Crippen LogP contribution in [0, 0.1) is 11.2 Å². The number of ether oxygens (including phenoxy) is 2. The molecule has 0 saturated carbocycles. The van der Waals surface area contributed by atoms with Gasteiger partial charge in [-0.1, -0.05) is 55.8 Å². The molecule has 2 aliphatic rings. The molecule has 39 heavy (non-hydrogen) atoms. The Kier molecular flexibility index (Phi) is 8.38. The molecule has 7 heteroatoms. The fourth-order valence-corrected chi connectivity index (χ4v) is 6.36. The summed E-state index contributed by atoms with van der Waals surface area (Å²) < 4.78 is 26.7. The molecule has 4 rings (SSSR count). The molecule has 1 N–H and O–H groups in total. The van der Waals surface area contributed by atoms with E-state index >= 15 is 4.39 Å². The molecule has 0 radical (unpaired) electrons. The quantitative estimate of drug-likeness (QED) is 0.349. The maximum absolute atomic E-state index is 15.3. The van der Waals surface area contributed by atoms with Crippen LogP contribution in [0.2, 0.25) is 5.02 Å². The van der Waals surface area contributed by atoms with Crippen LogP contribution < -0.4 is 5.32 Å². The van der Waals surface area contributed by atoms with Crippen LogP contribution in [0.5, 0.6) is 0 Å². The van der Waals surface area contributed by atoms with Crippen LogP contribution >= 0.6 is 11.6 Å². The Morgan fingerprint density at radius 1 is 1.08 bits per heavy atom. The third-order valence-corrected chi connectivity index (χ3v) is 7.67. The maximum Gasteiger partial charge on any atom is 0.337 e. The number of benzene rings is 2. The summed E-state index contributed by atoms with van der Waals surface area (Å²) in [6.07, 6.45) is 1.37. The number of Topliss-reactive ketones (excluding diaryl/α,β-unsaturated/α-hetero) is 1. The number of hydrogen-bond acceptors (Lipinski definition) is 5. The van der Waals surface area contributed by atoms with E-state index in [1.807, 2.05) is 38.1 Å². The molecule has 5 nitrogen and oxygen atoms in total. The van der Waals surface area contributed by atoms with Gasteiger partial charge < -0.3 is 14.8 Å². The van der Waals surface area contributed by atoms with Crippen molar-refractivity contribution in [3.05, 3.63) is 93.0 Å². The summed E-state index contributed by atoms with van der Waals surface area (Å²) in [6, 6.07) is 13.8. The minimum absolute atomic E-state index is 0.0504.